The number of halogens is 1. The molecule has 0 fully saturated rings. The van der Waals surface area contributed by atoms with E-state index in [-0.39, 0.29) is 11.4 Å². The normalized spacial score (nSPS) is 14.3. The molecule has 1 aliphatic rings. The average Bonchev–Trinajstić information content (AvgIpc) is 2.63. The maximum absolute atomic E-state index is 13.9. The van der Waals surface area contributed by atoms with Gasteiger partial charge >= 0.3 is 5.63 Å². The third kappa shape index (κ3) is 2.69. The summed E-state index contributed by atoms with van der Waals surface area (Å²) in [7, 11) is 0. The van der Waals surface area contributed by atoms with Crippen LogP contribution in [0.1, 0.15) is 27.8 Å². The van der Waals surface area contributed by atoms with Gasteiger partial charge in [0.25, 0.3) is 0 Å². The molecule has 0 N–H and O–H groups in total. The van der Waals surface area contributed by atoms with Crippen LogP contribution in [0.4, 0.5) is 4.39 Å². The summed E-state index contributed by atoms with van der Waals surface area (Å²) in [6, 6.07) is 8.81. The van der Waals surface area contributed by atoms with Crippen LogP contribution in [0, 0.1) is 26.6 Å². The lowest BCUT2D eigenvalue weighted by atomic mass is 9.99. The van der Waals surface area contributed by atoms with Gasteiger partial charge in [0.05, 0.1) is 0 Å². The van der Waals surface area contributed by atoms with Crippen molar-refractivity contribution in [1.82, 2.24) is 4.90 Å². The molecular formula is C21H20FNO3. The van der Waals surface area contributed by atoms with Crippen LogP contribution >= 0.6 is 0 Å². The predicted octanol–water partition coefficient (Wildman–Crippen LogP) is 4.21. The topological polar surface area (TPSA) is 42.7 Å². The van der Waals surface area contributed by atoms with Gasteiger partial charge in [0, 0.05) is 40.7 Å². The number of hydrogen-bond acceptors (Lipinski definition) is 4. The lowest BCUT2D eigenvalue weighted by Gasteiger charge is -2.30. The van der Waals surface area contributed by atoms with Crippen molar-refractivity contribution in [3.63, 3.8) is 0 Å². The molecule has 0 aliphatic carbocycles. The van der Waals surface area contributed by atoms with Crippen LogP contribution in [-0.2, 0) is 13.1 Å². The van der Waals surface area contributed by atoms with E-state index in [1.807, 2.05) is 30.9 Å². The van der Waals surface area contributed by atoms with Crippen molar-refractivity contribution in [2.75, 3.05) is 6.73 Å². The first-order valence-corrected chi connectivity index (χ1v) is 8.60. The summed E-state index contributed by atoms with van der Waals surface area (Å²) in [5, 5.41) is 0.926. The van der Waals surface area contributed by atoms with Crippen LogP contribution in [0.3, 0.4) is 0 Å². The first-order chi connectivity index (χ1) is 12.5. The lowest BCUT2D eigenvalue weighted by molar-refractivity contribution is 0.0871. The largest absolute Gasteiger partial charge is 0.477 e. The molecule has 0 radical (unpaired) electrons. The summed E-state index contributed by atoms with van der Waals surface area (Å²) in [6.45, 7) is 7.11. The van der Waals surface area contributed by atoms with Crippen LogP contribution < -0.4 is 10.4 Å². The Bertz CT molecular complexity index is 1070. The quantitative estimate of drug-likeness (QED) is 0.647. The molecule has 4 rings (SSSR count). The first kappa shape index (κ1) is 16.8. The molecule has 4 nitrogen and oxygen atoms in total. The van der Waals surface area contributed by atoms with E-state index in [0.717, 1.165) is 27.8 Å². The standard InChI is InChI=1S/C21H20FNO3/c1-12-13(2)21(24)26-20-14(3)19-16(8-17(12)20)10-23(11-25-19)9-15-6-4-5-7-18(15)22/h4-8H,9-11H2,1-3H3. The van der Waals surface area contributed by atoms with Crippen LogP contribution in [-0.4, -0.2) is 11.6 Å². The third-order valence-corrected chi connectivity index (χ3v) is 5.14. The van der Waals surface area contributed by atoms with Gasteiger partial charge in [0.15, 0.2) is 0 Å². The molecule has 0 atom stereocenters. The molecule has 3 aromatic rings. The summed E-state index contributed by atoms with van der Waals surface area (Å²) >= 11 is 0. The number of ether oxygens (including phenoxy) is 1. The summed E-state index contributed by atoms with van der Waals surface area (Å²) in [5.41, 5.74) is 4.33. The van der Waals surface area contributed by atoms with Crippen LogP contribution in [0.5, 0.6) is 5.75 Å². The molecule has 0 unspecified atom stereocenters. The predicted molar refractivity (Wildman–Crippen MR) is 97.8 cm³/mol. The average molecular weight is 353 g/mol. The van der Waals surface area contributed by atoms with E-state index in [4.69, 9.17) is 9.15 Å². The summed E-state index contributed by atoms with van der Waals surface area (Å²) in [6.07, 6.45) is 0. The number of nitrogens with zero attached hydrogens (tertiary/aromatic N) is 1. The van der Waals surface area contributed by atoms with Crippen LogP contribution in [0.15, 0.2) is 39.5 Å². The van der Waals surface area contributed by atoms with Gasteiger partial charge in [-0.2, -0.15) is 0 Å². The molecule has 1 aliphatic heterocycles. The molecule has 0 saturated heterocycles. The molecule has 2 aromatic carbocycles. The Morgan fingerprint density at radius 3 is 2.65 bits per heavy atom. The Balaban J connectivity index is 1.74. The van der Waals surface area contributed by atoms with Gasteiger partial charge in [-0.25, -0.2) is 9.18 Å². The molecule has 0 saturated carbocycles. The fraction of sp³-hybridized carbons (Fsp3) is 0.286. The number of aryl methyl sites for hydroxylation is 2. The van der Waals surface area contributed by atoms with Gasteiger partial charge in [0.1, 0.15) is 23.9 Å². The highest BCUT2D eigenvalue weighted by Gasteiger charge is 2.23. The smallest absolute Gasteiger partial charge is 0.339 e. The van der Waals surface area contributed by atoms with E-state index in [1.54, 1.807) is 19.1 Å². The maximum Gasteiger partial charge on any atom is 0.339 e. The van der Waals surface area contributed by atoms with Gasteiger partial charge in [0.2, 0.25) is 0 Å². The third-order valence-electron chi connectivity index (χ3n) is 5.14. The van der Waals surface area contributed by atoms with Gasteiger partial charge in [-0.1, -0.05) is 18.2 Å². The van der Waals surface area contributed by atoms with Crippen molar-refractivity contribution >= 4 is 11.0 Å². The SMILES string of the molecule is Cc1c(C)c2cc3c(c(C)c2oc1=O)OCN(Cc1ccccc1F)C3. The van der Waals surface area contributed by atoms with E-state index >= 15 is 0 Å². The van der Waals surface area contributed by atoms with Crippen molar-refractivity contribution in [3.8, 4) is 5.75 Å². The van der Waals surface area contributed by atoms with E-state index in [1.165, 1.54) is 6.07 Å². The Morgan fingerprint density at radius 1 is 1.12 bits per heavy atom. The summed E-state index contributed by atoms with van der Waals surface area (Å²) < 4.78 is 25.4. The molecule has 0 spiro atoms. The fourth-order valence-corrected chi connectivity index (χ4v) is 3.52. The fourth-order valence-electron chi connectivity index (χ4n) is 3.52. The maximum atomic E-state index is 13.9. The van der Waals surface area contributed by atoms with Gasteiger partial charge in [-0.15, -0.1) is 0 Å². The molecule has 0 amide bonds. The zero-order valence-corrected chi connectivity index (χ0v) is 15.1. The summed E-state index contributed by atoms with van der Waals surface area (Å²) in [5.74, 6) is 0.551. The molecule has 26 heavy (non-hydrogen) atoms. The van der Waals surface area contributed by atoms with Crippen LogP contribution in [0.25, 0.3) is 11.0 Å². The van der Waals surface area contributed by atoms with Crippen molar-refractivity contribution in [2.24, 2.45) is 0 Å². The second-order valence-electron chi connectivity index (χ2n) is 6.86. The van der Waals surface area contributed by atoms with E-state index in [0.29, 0.717) is 36.5 Å². The molecule has 2 heterocycles. The van der Waals surface area contributed by atoms with Crippen molar-refractivity contribution in [3.05, 3.63) is 74.4 Å². The highest BCUT2D eigenvalue weighted by atomic mass is 19.1. The minimum absolute atomic E-state index is 0.207. The number of rotatable bonds is 2. The van der Waals surface area contributed by atoms with Gasteiger partial charge < -0.3 is 9.15 Å². The first-order valence-electron chi connectivity index (χ1n) is 8.60. The Morgan fingerprint density at radius 2 is 1.88 bits per heavy atom. The van der Waals surface area contributed by atoms with Crippen molar-refractivity contribution in [1.29, 1.82) is 0 Å². The number of fused-ring (bicyclic) bond motifs is 2. The monoisotopic (exact) mass is 353 g/mol. The van der Waals surface area contributed by atoms with Crippen LogP contribution in [0.2, 0.25) is 0 Å². The number of hydrogen-bond donors (Lipinski definition) is 0. The summed E-state index contributed by atoms with van der Waals surface area (Å²) in [4.78, 5) is 14.1. The van der Waals surface area contributed by atoms with E-state index < -0.39 is 0 Å². The lowest BCUT2D eigenvalue weighted by Crippen LogP contribution is -2.32. The zero-order chi connectivity index (χ0) is 18.4. The van der Waals surface area contributed by atoms with Crippen molar-refractivity contribution in [2.45, 2.75) is 33.9 Å². The number of benzene rings is 2. The molecule has 0 bridgehead atoms. The molecular weight excluding hydrogens is 333 g/mol. The van der Waals surface area contributed by atoms with E-state index in [9.17, 15) is 9.18 Å². The zero-order valence-electron chi connectivity index (χ0n) is 15.1. The highest BCUT2D eigenvalue weighted by Crippen LogP contribution is 2.36. The highest BCUT2D eigenvalue weighted by molar-refractivity contribution is 5.87. The minimum Gasteiger partial charge on any atom is -0.477 e. The van der Waals surface area contributed by atoms with Gasteiger partial charge in [-0.05, 0) is 38.5 Å². The Kier molecular flexibility index (Phi) is 4.04. The Hall–Kier alpha value is -2.66. The Labute approximate surface area is 150 Å². The molecule has 1 aromatic heterocycles. The minimum atomic E-state index is -0.310. The van der Waals surface area contributed by atoms with Crippen molar-refractivity contribution < 1.29 is 13.5 Å². The van der Waals surface area contributed by atoms with E-state index in [2.05, 4.69) is 0 Å². The van der Waals surface area contributed by atoms with Gasteiger partial charge in [-0.3, -0.25) is 4.90 Å². The second-order valence-corrected chi connectivity index (χ2v) is 6.86. The second kappa shape index (κ2) is 6.25. The molecule has 134 valence electrons. The molecule has 5 heteroatoms.